The van der Waals surface area contributed by atoms with E-state index in [0.29, 0.717) is 6.54 Å². The van der Waals surface area contributed by atoms with Crippen LogP contribution in [0.3, 0.4) is 0 Å². The van der Waals surface area contributed by atoms with E-state index >= 15 is 0 Å². The van der Waals surface area contributed by atoms with Crippen LogP contribution in [0.4, 0.5) is 11.6 Å². The zero-order valence-electron chi connectivity index (χ0n) is 12.9. The molecule has 2 aromatic heterocycles. The number of nitrogens with one attached hydrogen (secondary N) is 2. The van der Waals surface area contributed by atoms with Crippen molar-refractivity contribution >= 4 is 11.6 Å². The molecule has 0 aromatic carbocycles. The molecule has 0 radical (unpaired) electrons. The molecule has 21 heavy (non-hydrogen) atoms. The second kappa shape index (κ2) is 7.61. The highest BCUT2D eigenvalue weighted by Gasteiger charge is 2.06. The maximum atomic E-state index is 5.19. The largest absolute Gasteiger partial charge is 0.370 e. The number of hydrogen-bond donors (Lipinski definition) is 2. The maximum Gasteiger partial charge on any atom is 0.156 e. The number of rotatable bonds is 8. The van der Waals surface area contributed by atoms with Crippen LogP contribution < -0.4 is 10.6 Å². The molecular weight excluding hydrogens is 266 g/mol. The monoisotopic (exact) mass is 289 g/mol. The zero-order valence-corrected chi connectivity index (χ0v) is 12.9. The molecule has 0 spiro atoms. The van der Waals surface area contributed by atoms with Gasteiger partial charge in [0.25, 0.3) is 0 Å². The summed E-state index contributed by atoms with van der Waals surface area (Å²) in [6.45, 7) is 7.64. The van der Waals surface area contributed by atoms with Crippen molar-refractivity contribution in [1.29, 1.82) is 0 Å². The quantitative estimate of drug-likeness (QED) is 0.777. The first-order valence-corrected chi connectivity index (χ1v) is 7.49. The molecule has 0 bridgehead atoms. The maximum absolute atomic E-state index is 5.19. The summed E-state index contributed by atoms with van der Waals surface area (Å²) in [5.74, 6) is 3.33. The molecule has 0 atom stereocenters. The zero-order chi connectivity index (χ0) is 15.1. The van der Waals surface area contributed by atoms with Crippen LogP contribution in [0.2, 0.25) is 0 Å². The Kier molecular flexibility index (Phi) is 5.54. The summed E-state index contributed by atoms with van der Waals surface area (Å²) >= 11 is 0. The number of aromatic nitrogens is 3. The van der Waals surface area contributed by atoms with Gasteiger partial charge in [0.2, 0.25) is 0 Å². The lowest BCUT2D eigenvalue weighted by molar-refractivity contribution is 0.384. The average molecular weight is 289 g/mol. The van der Waals surface area contributed by atoms with Crippen molar-refractivity contribution in [3.63, 3.8) is 0 Å². The molecule has 0 saturated heterocycles. The molecule has 0 aliphatic carbocycles. The van der Waals surface area contributed by atoms with Gasteiger partial charge in [0.15, 0.2) is 5.76 Å². The Morgan fingerprint density at radius 1 is 1.05 bits per heavy atom. The standard InChI is InChI=1S/C15H23N5O/c1-4-6-13-18-14(16-7-5-2)9-15(19-13)17-10-12-8-11(3)20-21-12/h8-9H,4-7,10H2,1-3H3,(H2,16,17,18,19). The minimum Gasteiger partial charge on any atom is -0.370 e. The van der Waals surface area contributed by atoms with Crippen LogP contribution in [0.15, 0.2) is 16.7 Å². The van der Waals surface area contributed by atoms with E-state index in [-0.39, 0.29) is 0 Å². The summed E-state index contributed by atoms with van der Waals surface area (Å²) in [5, 5.41) is 10.4. The van der Waals surface area contributed by atoms with E-state index in [4.69, 9.17) is 4.52 Å². The second-order valence-corrected chi connectivity index (χ2v) is 5.02. The molecule has 2 heterocycles. The van der Waals surface area contributed by atoms with Crippen LogP contribution in [0, 0.1) is 6.92 Å². The van der Waals surface area contributed by atoms with E-state index < -0.39 is 0 Å². The Bertz CT molecular complexity index is 567. The average Bonchev–Trinajstić information content (AvgIpc) is 2.89. The van der Waals surface area contributed by atoms with Crippen molar-refractivity contribution in [2.45, 2.75) is 46.6 Å². The highest BCUT2D eigenvalue weighted by Crippen LogP contribution is 2.14. The molecule has 2 N–H and O–H groups in total. The fraction of sp³-hybridized carbons (Fsp3) is 0.533. The SMILES string of the molecule is CCCNc1cc(NCc2cc(C)no2)nc(CCC)n1. The van der Waals surface area contributed by atoms with E-state index in [1.807, 2.05) is 19.1 Å². The van der Waals surface area contributed by atoms with Crippen LogP contribution >= 0.6 is 0 Å². The number of anilines is 2. The van der Waals surface area contributed by atoms with Crippen molar-refractivity contribution in [2.24, 2.45) is 0 Å². The van der Waals surface area contributed by atoms with Crippen molar-refractivity contribution in [1.82, 2.24) is 15.1 Å². The Balaban J connectivity index is 2.07. The minimum absolute atomic E-state index is 0.566. The lowest BCUT2D eigenvalue weighted by Gasteiger charge is -2.10. The number of aryl methyl sites for hydroxylation is 2. The molecule has 6 nitrogen and oxygen atoms in total. The predicted molar refractivity (Wildman–Crippen MR) is 83.4 cm³/mol. The Hall–Kier alpha value is -2.11. The Morgan fingerprint density at radius 2 is 1.81 bits per heavy atom. The van der Waals surface area contributed by atoms with Crippen molar-refractivity contribution in [2.75, 3.05) is 17.2 Å². The van der Waals surface area contributed by atoms with E-state index in [0.717, 1.165) is 54.7 Å². The summed E-state index contributed by atoms with van der Waals surface area (Å²) in [7, 11) is 0. The highest BCUT2D eigenvalue weighted by molar-refractivity contribution is 5.47. The Morgan fingerprint density at radius 3 is 2.43 bits per heavy atom. The van der Waals surface area contributed by atoms with Crippen LogP contribution in [0.1, 0.15) is 44.0 Å². The molecule has 6 heteroatoms. The van der Waals surface area contributed by atoms with Gasteiger partial charge in [-0.15, -0.1) is 0 Å². The van der Waals surface area contributed by atoms with Gasteiger partial charge >= 0.3 is 0 Å². The van der Waals surface area contributed by atoms with Gasteiger partial charge in [-0.1, -0.05) is 19.0 Å². The van der Waals surface area contributed by atoms with Gasteiger partial charge < -0.3 is 15.2 Å². The minimum atomic E-state index is 0.566. The van der Waals surface area contributed by atoms with Crippen LogP contribution in [-0.2, 0) is 13.0 Å². The molecule has 0 fully saturated rings. The van der Waals surface area contributed by atoms with Crippen LogP contribution in [0.5, 0.6) is 0 Å². The first kappa shape index (κ1) is 15.3. The van der Waals surface area contributed by atoms with Gasteiger partial charge in [-0.05, 0) is 19.8 Å². The summed E-state index contributed by atoms with van der Waals surface area (Å²) in [4.78, 5) is 9.05. The van der Waals surface area contributed by atoms with Gasteiger partial charge in [-0.25, -0.2) is 9.97 Å². The van der Waals surface area contributed by atoms with Crippen molar-refractivity contribution in [3.8, 4) is 0 Å². The first-order valence-electron chi connectivity index (χ1n) is 7.49. The summed E-state index contributed by atoms with van der Waals surface area (Å²) in [6, 6.07) is 3.84. The van der Waals surface area contributed by atoms with Gasteiger partial charge in [-0.3, -0.25) is 0 Å². The fourth-order valence-corrected chi connectivity index (χ4v) is 1.94. The third-order valence-electron chi connectivity index (χ3n) is 2.92. The molecule has 2 aromatic rings. The Labute approximate surface area is 125 Å². The molecule has 0 aliphatic heterocycles. The van der Waals surface area contributed by atoms with Gasteiger partial charge in [0, 0.05) is 25.1 Å². The lowest BCUT2D eigenvalue weighted by Crippen LogP contribution is -2.08. The number of hydrogen-bond acceptors (Lipinski definition) is 6. The van der Waals surface area contributed by atoms with E-state index in [2.05, 4.69) is 39.6 Å². The molecule has 0 saturated carbocycles. The normalized spacial score (nSPS) is 10.6. The van der Waals surface area contributed by atoms with E-state index in [1.54, 1.807) is 0 Å². The van der Waals surface area contributed by atoms with Crippen molar-refractivity contribution < 1.29 is 4.52 Å². The third kappa shape index (κ3) is 4.73. The summed E-state index contributed by atoms with van der Waals surface area (Å²) in [5.41, 5.74) is 0.881. The van der Waals surface area contributed by atoms with Crippen LogP contribution in [0.25, 0.3) is 0 Å². The highest BCUT2D eigenvalue weighted by atomic mass is 16.5. The number of nitrogens with zero attached hydrogens (tertiary/aromatic N) is 3. The summed E-state index contributed by atoms with van der Waals surface area (Å²) in [6.07, 6.45) is 2.96. The van der Waals surface area contributed by atoms with E-state index in [9.17, 15) is 0 Å². The second-order valence-electron chi connectivity index (χ2n) is 5.02. The summed E-state index contributed by atoms with van der Waals surface area (Å²) < 4.78 is 5.19. The topological polar surface area (TPSA) is 75.9 Å². The third-order valence-corrected chi connectivity index (χ3v) is 2.92. The first-order chi connectivity index (χ1) is 10.2. The molecule has 0 unspecified atom stereocenters. The van der Waals surface area contributed by atoms with Gasteiger partial charge in [-0.2, -0.15) is 0 Å². The lowest BCUT2D eigenvalue weighted by atomic mass is 10.3. The molecule has 2 rings (SSSR count). The van der Waals surface area contributed by atoms with Crippen LogP contribution in [-0.4, -0.2) is 21.7 Å². The van der Waals surface area contributed by atoms with Gasteiger partial charge in [0.05, 0.1) is 12.2 Å². The smallest absolute Gasteiger partial charge is 0.156 e. The molecule has 114 valence electrons. The molecule has 0 amide bonds. The molecule has 0 aliphatic rings. The van der Waals surface area contributed by atoms with E-state index in [1.165, 1.54) is 0 Å². The predicted octanol–water partition coefficient (Wildman–Crippen LogP) is 3.16. The van der Waals surface area contributed by atoms with Gasteiger partial charge in [0.1, 0.15) is 17.5 Å². The van der Waals surface area contributed by atoms with Crippen molar-refractivity contribution in [3.05, 3.63) is 29.4 Å². The fourth-order valence-electron chi connectivity index (χ4n) is 1.94. The molecular formula is C15H23N5O.